The summed E-state index contributed by atoms with van der Waals surface area (Å²) in [6, 6.07) is 0.289. The Bertz CT molecular complexity index is 222. The minimum atomic E-state index is 0.0543. The molecular weight excluding hydrogens is 150 g/mol. The summed E-state index contributed by atoms with van der Waals surface area (Å²) < 4.78 is 0. The van der Waals surface area contributed by atoms with Gasteiger partial charge >= 0.3 is 0 Å². The number of rotatable bonds is 0. The number of nitrogens with one attached hydrogen (secondary N) is 1. The van der Waals surface area contributed by atoms with E-state index >= 15 is 0 Å². The van der Waals surface area contributed by atoms with Crippen molar-refractivity contribution in [2.75, 3.05) is 0 Å². The van der Waals surface area contributed by atoms with E-state index in [1.165, 1.54) is 5.57 Å². The molecule has 1 rings (SSSR count). The molecule has 1 unspecified atom stereocenters. The summed E-state index contributed by atoms with van der Waals surface area (Å²) in [5.74, 6) is 0.0543. The summed E-state index contributed by atoms with van der Waals surface area (Å²) in [6.45, 7) is 8.47. The molecule has 1 atom stereocenters. The first-order valence-electron chi connectivity index (χ1n) is 4.41. The zero-order chi connectivity index (χ0) is 9.35. The fourth-order valence-electron chi connectivity index (χ4n) is 1.41. The van der Waals surface area contributed by atoms with Crippen molar-refractivity contribution in [2.24, 2.45) is 5.41 Å². The van der Waals surface area contributed by atoms with Crippen LogP contribution in [0.2, 0.25) is 0 Å². The van der Waals surface area contributed by atoms with Crippen LogP contribution in [-0.2, 0) is 4.79 Å². The van der Waals surface area contributed by atoms with E-state index in [1.54, 1.807) is 6.08 Å². The smallest absolute Gasteiger partial charge is 0.244 e. The van der Waals surface area contributed by atoms with Crippen molar-refractivity contribution in [1.82, 2.24) is 5.32 Å². The Morgan fingerprint density at radius 3 is 2.50 bits per heavy atom. The molecule has 1 aliphatic heterocycles. The molecule has 2 heteroatoms. The van der Waals surface area contributed by atoms with Crippen LogP contribution in [0.25, 0.3) is 0 Å². The molecule has 0 aromatic heterocycles. The lowest BCUT2D eigenvalue weighted by atomic mass is 9.81. The van der Waals surface area contributed by atoms with Crippen LogP contribution in [0.3, 0.4) is 0 Å². The first-order chi connectivity index (χ1) is 5.39. The maximum atomic E-state index is 11.1. The zero-order valence-electron chi connectivity index (χ0n) is 8.27. The Morgan fingerprint density at radius 2 is 2.08 bits per heavy atom. The molecule has 0 aliphatic carbocycles. The quantitative estimate of drug-likeness (QED) is 0.586. The van der Waals surface area contributed by atoms with Gasteiger partial charge in [-0.25, -0.2) is 0 Å². The summed E-state index contributed by atoms with van der Waals surface area (Å²) in [6.07, 6.45) is 2.72. The molecule has 68 valence electrons. The van der Waals surface area contributed by atoms with Crippen molar-refractivity contribution < 1.29 is 4.79 Å². The third kappa shape index (κ3) is 2.10. The second-order valence-corrected chi connectivity index (χ2v) is 4.53. The van der Waals surface area contributed by atoms with E-state index in [4.69, 9.17) is 0 Å². The highest BCUT2D eigenvalue weighted by molar-refractivity contribution is 5.89. The van der Waals surface area contributed by atoms with Crippen molar-refractivity contribution in [3.8, 4) is 0 Å². The molecule has 0 bridgehead atoms. The van der Waals surface area contributed by atoms with E-state index in [0.717, 1.165) is 6.42 Å². The lowest BCUT2D eigenvalue weighted by molar-refractivity contribution is -0.117. The van der Waals surface area contributed by atoms with Crippen molar-refractivity contribution in [3.63, 3.8) is 0 Å². The number of amides is 1. The van der Waals surface area contributed by atoms with Crippen molar-refractivity contribution in [1.29, 1.82) is 0 Å². The second kappa shape index (κ2) is 2.92. The highest BCUT2D eigenvalue weighted by atomic mass is 16.1. The van der Waals surface area contributed by atoms with Gasteiger partial charge in [0.2, 0.25) is 5.91 Å². The van der Waals surface area contributed by atoms with Gasteiger partial charge in [-0.1, -0.05) is 26.3 Å². The van der Waals surface area contributed by atoms with E-state index in [9.17, 15) is 4.79 Å². The molecule has 0 saturated heterocycles. The molecule has 1 N–H and O–H groups in total. The molecule has 0 radical (unpaired) electrons. The average Bonchev–Trinajstić information content (AvgIpc) is 1.82. The number of hydrogen-bond donors (Lipinski definition) is 1. The summed E-state index contributed by atoms with van der Waals surface area (Å²) in [5, 5.41) is 2.87. The van der Waals surface area contributed by atoms with Crippen LogP contribution in [0.1, 0.15) is 34.1 Å². The third-order valence-corrected chi connectivity index (χ3v) is 2.18. The predicted molar refractivity (Wildman–Crippen MR) is 49.8 cm³/mol. The summed E-state index contributed by atoms with van der Waals surface area (Å²) >= 11 is 0. The van der Waals surface area contributed by atoms with Gasteiger partial charge in [-0.2, -0.15) is 0 Å². The van der Waals surface area contributed by atoms with E-state index < -0.39 is 0 Å². The highest BCUT2D eigenvalue weighted by Gasteiger charge is 2.24. The van der Waals surface area contributed by atoms with Gasteiger partial charge in [-0.05, 0) is 18.8 Å². The van der Waals surface area contributed by atoms with Crippen LogP contribution in [0.4, 0.5) is 0 Å². The Kier molecular flexibility index (Phi) is 2.27. The minimum Gasteiger partial charge on any atom is -0.350 e. The fourth-order valence-corrected chi connectivity index (χ4v) is 1.41. The van der Waals surface area contributed by atoms with Gasteiger partial charge in [-0.15, -0.1) is 0 Å². The average molecular weight is 167 g/mol. The van der Waals surface area contributed by atoms with Crippen molar-refractivity contribution >= 4 is 5.91 Å². The Balaban J connectivity index is 2.84. The van der Waals surface area contributed by atoms with Gasteiger partial charge in [-0.3, -0.25) is 4.79 Å². The standard InChI is InChI=1S/C10H17NO/c1-7-5-8(10(2,3)4)6-9(12)11-7/h6-7H,5H2,1-4H3,(H,11,12). The van der Waals surface area contributed by atoms with Gasteiger partial charge in [0.15, 0.2) is 0 Å². The molecule has 12 heavy (non-hydrogen) atoms. The van der Waals surface area contributed by atoms with Gasteiger partial charge in [0.25, 0.3) is 0 Å². The van der Waals surface area contributed by atoms with Gasteiger partial charge in [0, 0.05) is 12.1 Å². The second-order valence-electron chi connectivity index (χ2n) is 4.53. The van der Waals surface area contributed by atoms with Crippen LogP contribution in [0.15, 0.2) is 11.6 Å². The molecule has 1 heterocycles. The van der Waals surface area contributed by atoms with Crippen LogP contribution >= 0.6 is 0 Å². The molecule has 0 aromatic carbocycles. The maximum absolute atomic E-state index is 11.1. The number of carbonyl (C=O) groups is 1. The lowest BCUT2D eigenvalue weighted by Gasteiger charge is -2.29. The predicted octanol–water partition coefficient (Wildman–Crippen LogP) is 1.87. The zero-order valence-corrected chi connectivity index (χ0v) is 8.27. The number of carbonyl (C=O) groups excluding carboxylic acids is 1. The molecule has 0 saturated carbocycles. The molecule has 1 amide bonds. The van der Waals surface area contributed by atoms with Crippen LogP contribution < -0.4 is 5.32 Å². The molecule has 0 aromatic rings. The molecule has 0 spiro atoms. The summed E-state index contributed by atoms with van der Waals surface area (Å²) in [5.41, 5.74) is 1.38. The van der Waals surface area contributed by atoms with Gasteiger partial charge in [0.1, 0.15) is 0 Å². The van der Waals surface area contributed by atoms with Crippen LogP contribution in [0.5, 0.6) is 0 Å². The normalized spacial score (nSPS) is 24.8. The van der Waals surface area contributed by atoms with Crippen molar-refractivity contribution in [3.05, 3.63) is 11.6 Å². The van der Waals surface area contributed by atoms with Crippen LogP contribution in [0, 0.1) is 5.41 Å². The lowest BCUT2D eigenvalue weighted by Crippen LogP contribution is -2.37. The largest absolute Gasteiger partial charge is 0.350 e. The molecule has 0 fully saturated rings. The first kappa shape index (κ1) is 9.30. The Morgan fingerprint density at radius 1 is 1.50 bits per heavy atom. The fraction of sp³-hybridized carbons (Fsp3) is 0.700. The van der Waals surface area contributed by atoms with Gasteiger partial charge < -0.3 is 5.32 Å². The Hall–Kier alpha value is -0.790. The van der Waals surface area contributed by atoms with E-state index in [2.05, 4.69) is 26.1 Å². The minimum absolute atomic E-state index is 0.0543. The molecule has 1 aliphatic rings. The topological polar surface area (TPSA) is 29.1 Å². The monoisotopic (exact) mass is 167 g/mol. The maximum Gasteiger partial charge on any atom is 0.244 e. The SMILES string of the molecule is CC1CC(C(C)(C)C)=CC(=O)N1. The highest BCUT2D eigenvalue weighted by Crippen LogP contribution is 2.30. The Labute approximate surface area is 74.0 Å². The number of hydrogen-bond acceptors (Lipinski definition) is 1. The van der Waals surface area contributed by atoms with E-state index in [1.807, 2.05) is 6.92 Å². The van der Waals surface area contributed by atoms with Crippen LogP contribution in [-0.4, -0.2) is 11.9 Å². The van der Waals surface area contributed by atoms with E-state index in [-0.39, 0.29) is 17.4 Å². The van der Waals surface area contributed by atoms with Gasteiger partial charge in [0.05, 0.1) is 0 Å². The van der Waals surface area contributed by atoms with Crippen molar-refractivity contribution in [2.45, 2.75) is 40.2 Å². The summed E-state index contributed by atoms with van der Waals surface area (Å²) in [7, 11) is 0. The molecule has 2 nitrogen and oxygen atoms in total. The third-order valence-electron chi connectivity index (χ3n) is 2.18. The first-order valence-corrected chi connectivity index (χ1v) is 4.41. The molecular formula is C10H17NO. The van der Waals surface area contributed by atoms with E-state index in [0.29, 0.717) is 0 Å². The summed E-state index contributed by atoms with van der Waals surface area (Å²) in [4.78, 5) is 11.1.